The van der Waals surface area contributed by atoms with Gasteiger partial charge in [-0.3, -0.25) is 0 Å². The molecule has 3 aliphatic carbocycles. The second-order valence-electron chi connectivity index (χ2n) is 3.58. The fourth-order valence-corrected chi connectivity index (χ4v) is 2.13. The topological polar surface area (TPSA) is 0 Å². The molecular formula is C10H10. The Morgan fingerprint density at radius 1 is 1.30 bits per heavy atom. The normalized spacial score (nSPS) is 30.4. The summed E-state index contributed by atoms with van der Waals surface area (Å²) in [5.41, 5.74) is 3.80. The summed E-state index contributed by atoms with van der Waals surface area (Å²) < 4.78 is 0. The van der Waals surface area contributed by atoms with E-state index >= 15 is 0 Å². The maximum Gasteiger partial charge on any atom is -0.000577 e. The molecule has 1 fully saturated rings. The molecule has 3 aliphatic rings. The molecule has 0 aromatic carbocycles. The van der Waals surface area contributed by atoms with Gasteiger partial charge in [0.05, 0.1) is 0 Å². The van der Waals surface area contributed by atoms with Crippen LogP contribution in [0.15, 0.2) is 35.5 Å². The third-order valence-electron chi connectivity index (χ3n) is 2.99. The SMILES string of the molecule is C1=CC2=CCC3(CC3)C2=C1. The largest absolute Gasteiger partial charge is 0.0761 e. The molecule has 1 spiro atoms. The molecule has 0 aromatic heterocycles. The summed E-state index contributed by atoms with van der Waals surface area (Å²) in [4.78, 5) is 0. The highest BCUT2D eigenvalue weighted by Crippen LogP contribution is 2.61. The molecule has 0 aliphatic heterocycles. The minimum Gasteiger partial charge on any atom is -0.0761 e. The van der Waals surface area contributed by atoms with Crippen LogP contribution in [0.3, 0.4) is 0 Å². The van der Waals surface area contributed by atoms with Crippen molar-refractivity contribution in [1.82, 2.24) is 0 Å². The first-order valence-corrected chi connectivity index (χ1v) is 4.00. The minimum atomic E-state index is 0.652. The van der Waals surface area contributed by atoms with Crippen molar-refractivity contribution >= 4 is 0 Å². The molecule has 0 unspecified atom stereocenters. The lowest BCUT2D eigenvalue weighted by molar-refractivity contribution is 0.662. The third-order valence-corrected chi connectivity index (χ3v) is 2.99. The van der Waals surface area contributed by atoms with Crippen LogP contribution in [0.25, 0.3) is 0 Å². The first-order chi connectivity index (χ1) is 4.91. The number of rotatable bonds is 0. The van der Waals surface area contributed by atoms with Gasteiger partial charge in [0.1, 0.15) is 0 Å². The van der Waals surface area contributed by atoms with Crippen LogP contribution in [0.1, 0.15) is 19.3 Å². The Morgan fingerprint density at radius 2 is 2.20 bits per heavy atom. The van der Waals surface area contributed by atoms with Crippen LogP contribution in [-0.2, 0) is 0 Å². The van der Waals surface area contributed by atoms with Gasteiger partial charge in [-0.25, -0.2) is 0 Å². The van der Waals surface area contributed by atoms with E-state index in [1.54, 1.807) is 5.57 Å². The zero-order valence-corrected chi connectivity index (χ0v) is 5.93. The summed E-state index contributed by atoms with van der Waals surface area (Å²) in [6.45, 7) is 0. The summed E-state index contributed by atoms with van der Waals surface area (Å²) in [6.07, 6.45) is 13.3. The van der Waals surface area contributed by atoms with Crippen LogP contribution in [0.2, 0.25) is 0 Å². The first kappa shape index (κ1) is 4.95. The van der Waals surface area contributed by atoms with Gasteiger partial charge in [-0.05, 0) is 35.8 Å². The summed E-state index contributed by atoms with van der Waals surface area (Å²) in [5, 5.41) is 0. The van der Waals surface area contributed by atoms with E-state index < -0.39 is 0 Å². The van der Waals surface area contributed by atoms with Gasteiger partial charge in [-0.1, -0.05) is 24.3 Å². The lowest BCUT2D eigenvalue weighted by Crippen LogP contribution is -1.95. The highest BCUT2D eigenvalue weighted by Gasteiger charge is 2.48. The summed E-state index contributed by atoms with van der Waals surface area (Å²) in [6, 6.07) is 0. The molecule has 1 saturated carbocycles. The Labute approximate surface area is 60.9 Å². The van der Waals surface area contributed by atoms with E-state index in [0.29, 0.717) is 5.41 Å². The van der Waals surface area contributed by atoms with Crippen molar-refractivity contribution < 1.29 is 0 Å². The van der Waals surface area contributed by atoms with E-state index in [-0.39, 0.29) is 0 Å². The lowest BCUT2D eigenvalue weighted by Gasteiger charge is -2.06. The predicted molar refractivity (Wildman–Crippen MR) is 41.6 cm³/mol. The molecule has 0 heteroatoms. The molecule has 0 atom stereocenters. The molecule has 50 valence electrons. The Hall–Kier alpha value is -0.780. The third kappa shape index (κ3) is 0.406. The number of hydrogen-bond acceptors (Lipinski definition) is 0. The fraction of sp³-hybridized carbons (Fsp3) is 0.400. The zero-order valence-electron chi connectivity index (χ0n) is 5.93. The van der Waals surface area contributed by atoms with Crippen LogP contribution < -0.4 is 0 Å². The summed E-state index contributed by atoms with van der Waals surface area (Å²) >= 11 is 0. The molecule has 0 saturated heterocycles. The van der Waals surface area contributed by atoms with Crippen LogP contribution in [0.5, 0.6) is 0 Å². The molecule has 0 radical (unpaired) electrons. The van der Waals surface area contributed by atoms with Crippen molar-refractivity contribution in [2.24, 2.45) is 5.41 Å². The van der Waals surface area contributed by atoms with E-state index in [0.717, 1.165) is 0 Å². The van der Waals surface area contributed by atoms with E-state index in [1.807, 2.05) is 0 Å². The van der Waals surface area contributed by atoms with Gasteiger partial charge in [0.2, 0.25) is 0 Å². The second-order valence-corrected chi connectivity index (χ2v) is 3.58. The van der Waals surface area contributed by atoms with Crippen molar-refractivity contribution in [3.05, 3.63) is 35.5 Å². The highest BCUT2D eigenvalue weighted by atomic mass is 14.5. The maximum atomic E-state index is 2.39. The van der Waals surface area contributed by atoms with Gasteiger partial charge in [0.15, 0.2) is 0 Å². The molecule has 0 N–H and O–H groups in total. The van der Waals surface area contributed by atoms with Gasteiger partial charge in [-0.15, -0.1) is 0 Å². The summed E-state index contributed by atoms with van der Waals surface area (Å²) in [7, 11) is 0. The second kappa shape index (κ2) is 1.29. The first-order valence-electron chi connectivity index (χ1n) is 4.00. The standard InChI is InChI=1S/C10H10/c1-2-8-4-5-10(6-7-10)9(8)3-1/h1-4H,5-7H2. The molecule has 0 bridgehead atoms. The fourth-order valence-electron chi connectivity index (χ4n) is 2.13. The number of fused-ring (bicyclic) bond motifs is 2. The number of hydrogen-bond donors (Lipinski definition) is 0. The van der Waals surface area contributed by atoms with Crippen LogP contribution in [0, 0.1) is 5.41 Å². The maximum absolute atomic E-state index is 2.39. The minimum absolute atomic E-state index is 0.652. The van der Waals surface area contributed by atoms with Crippen molar-refractivity contribution in [3.63, 3.8) is 0 Å². The summed E-state index contributed by atoms with van der Waals surface area (Å²) in [5.74, 6) is 0. The highest BCUT2D eigenvalue weighted by molar-refractivity contribution is 5.57. The number of allylic oxidation sites excluding steroid dienone is 6. The van der Waals surface area contributed by atoms with Crippen LogP contribution in [0.4, 0.5) is 0 Å². The van der Waals surface area contributed by atoms with Crippen molar-refractivity contribution in [2.75, 3.05) is 0 Å². The van der Waals surface area contributed by atoms with Crippen molar-refractivity contribution in [3.8, 4) is 0 Å². The molecular weight excluding hydrogens is 120 g/mol. The molecule has 3 rings (SSSR count). The van der Waals surface area contributed by atoms with Gasteiger partial charge in [0.25, 0.3) is 0 Å². The average molecular weight is 130 g/mol. The van der Waals surface area contributed by atoms with E-state index in [1.165, 1.54) is 24.8 Å². The molecule has 0 heterocycles. The van der Waals surface area contributed by atoms with Crippen molar-refractivity contribution in [1.29, 1.82) is 0 Å². The van der Waals surface area contributed by atoms with Crippen LogP contribution >= 0.6 is 0 Å². The van der Waals surface area contributed by atoms with Crippen molar-refractivity contribution in [2.45, 2.75) is 19.3 Å². The Kier molecular flexibility index (Phi) is 0.639. The molecule has 0 aromatic rings. The van der Waals surface area contributed by atoms with E-state index in [9.17, 15) is 0 Å². The molecule has 10 heavy (non-hydrogen) atoms. The lowest BCUT2D eigenvalue weighted by atomic mass is 9.97. The smallest absolute Gasteiger partial charge is 0.000577 e. The Morgan fingerprint density at radius 3 is 3.00 bits per heavy atom. The predicted octanol–water partition coefficient (Wildman–Crippen LogP) is 2.59. The van der Waals surface area contributed by atoms with Crippen LogP contribution in [-0.4, -0.2) is 0 Å². The molecule has 0 amide bonds. The average Bonchev–Trinajstić information content (AvgIpc) is 2.40. The van der Waals surface area contributed by atoms with Gasteiger partial charge in [-0.2, -0.15) is 0 Å². The van der Waals surface area contributed by atoms with Gasteiger partial charge in [0, 0.05) is 0 Å². The quantitative estimate of drug-likeness (QED) is 0.473. The van der Waals surface area contributed by atoms with E-state index in [2.05, 4.69) is 24.3 Å². The monoisotopic (exact) mass is 130 g/mol. The van der Waals surface area contributed by atoms with E-state index in [4.69, 9.17) is 0 Å². The van der Waals surface area contributed by atoms with Gasteiger partial charge < -0.3 is 0 Å². The Balaban J connectivity index is 2.15. The Bertz CT molecular complexity index is 272. The van der Waals surface area contributed by atoms with Gasteiger partial charge >= 0.3 is 0 Å². The zero-order chi connectivity index (χ0) is 6.60. The molecule has 0 nitrogen and oxygen atoms in total.